The molecule has 0 aliphatic carbocycles. The van der Waals surface area contributed by atoms with Crippen molar-refractivity contribution in [3.8, 4) is 0 Å². The van der Waals surface area contributed by atoms with E-state index < -0.39 is 76.3 Å². The summed E-state index contributed by atoms with van der Waals surface area (Å²) in [6, 6.07) is 39.7. The summed E-state index contributed by atoms with van der Waals surface area (Å²) in [5, 5.41) is 16.3. The maximum Gasteiger partial charge on any atom is 0.410 e. The van der Waals surface area contributed by atoms with Gasteiger partial charge >= 0.3 is 18.2 Å². The minimum absolute atomic E-state index is 0.187. The number of hydrogen-bond acceptors (Lipinski definition) is 9. The van der Waals surface area contributed by atoms with E-state index in [4.69, 9.17) is 23.1 Å². The van der Waals surface area contributed by atoms with Gasteiger partial charge in [-0.15, -0.1) is 0 Å². The lowest BCUT2D eigenvalue weighted by molar-refractivity contribution is -0.150. The van der Waals surface area contributed by atoms with Crippen molar-refractivity contribution in [3.05, 3.63) is 121 Å². The summed E-state index contributed by atoms with van der Waals surface area (Å²) in [5.41, 5.74) is -1.59. The molecule has 0 saturated carbocycles. The van der Waals surface area contributed by atoms with Gasteiger partial charge in [0.05, 0.1) is 43.5 Å². The van der Waals surface area contributed by atoms with E-state index in [-0.39, 0.29) is 42.2 Å². The summed E-state index contributed by atoms with van der Waals surface area (Å²) in [7, 11) is -5.97. The van der Waals surface area contributed by atoms with Crippen molar-refractivity contribution in [3.63, 3.8) is 0 Å². The predicted octanol–water partition coefficient (Wildman–Crippen LogP) is 9.75. The van der Waals surface area contributed by atoms with Gasteiger partial charge < -0.3 is 28.2 Å². The van der Waals surface area contributed by atoms with Crippen LogP contribution in [-0.2, 0) is 27.9 Å². The summed E-state index contributed by atoms with van der Waals surface area (Å²) in [6.45, 7) is 26.3. The van der Waals surface area contributed by atoms with Crippen molar-refractivity contribution < 1.29 is 42.6 Å². The molecule has 2 amide bonds. The van der Waals surface area contributed by atoms with E-state index in [9.17, 15) is 19.5 Å². The quantitative estimate of drug-likeness (QED) is 0.0664. The van der Waals surface area contributed by atoms with Crippen LogP contribution < -0.4 is 20.7 Å². The third-order valence-corrected chi connectivity index (χ3v) is 24.1. The molecule has 2 heterocycles. The molecule has 0 spiro atoms. The first-order valence-electron chi connectivity index (χ1n) is 25.7. The maximum atomic E-state index is 14.5. The first kappa shape index (κ1) is 55.5. The monoisotopic (exact) mass is 1010 g/mol. The largest absolute Gasteiger partial charge is 0.460 e. The highest BCUT2D eigenvalue weighted by Crippen LogP contribution is 2.41. The third-order valence-electron chi connectivity index (χ3n) is 14.1. The van der Waals surface area contributed by atoms with Crippen LogP contribution in [-0.4, -0.2) is 110 Å². The molecular weight excluding hydrogens is 925 g/mol. The summed E-state index contributed by atoms with van der Waals surface area (Å²) < 4.78 is 33.1. The van der Waals surface area contributed by atoms with Crippen molar-refractivity contribution in [2.24, 2.45) is 0 Å². The second-order valence-corrected chi connectivity index (χ2v) is 32.2. The summed E-state index contributed by atoms with van der Waals surface area (Å²) in [5.74, 6) is -0.488. The number of amides is 2. The van der Waals surface area contributed by atoms with Gasteiger partial charge in [-0.3, -0.25) is 14.6 Å². The number of rotatable bonds is 16. The van der Waals surface area contributed by atoms with Gasteiger partial charge in [0.15, 0.2) is 0 Å². The topological polar surface area (TPSA) is 124 Å². The highest BCUT2D eigenvalue weighted by atomic mass is 28.4. The Kier molecular flexibility index (Phi) is 17.6. The molecule has 2 aliphatic heterocycles. The minimum Gasteiger partial charge on any atom is -0.460 e. The van der Waals surface area contributed by atoms with Crippen LogP contribution in [0.25, 0.3) is 0 Å². The standard InChI is InChI=1S/C58H82N2O9Si2/c1-42(61)67-52(50-37-35-44(60(50)54(64)69-56(5,6)7)41-66-71(58(11,12)13,47-30-22-16-23-31-47)48-32-24-17-25-33-48)39-38-51(62)49-36-34-43(59(49)53(63)68-55(2,3)4)40-65-70(57(8,9)10,45-26-18-14-19-27-45)46-28-20-15-21-29-46/h14-33,43-44,49-52,62H,34-41H2,1-13H3/t43-,44-,49-,50-,51+,52-/m0/s1. The van der Waals surface area contributed by atoms with Gasteiger partial charge in [-0.2, -0.15) is 0 Å². The highest BCUT2D eigenvalue weighted by Gasteiger charge is 2.54. The van der Waals surface area contributed by atoms with E-state index in [0.717, 1.165) is 20.7 Å². The molecule has 4 aromatic carbocycles. The molecule has 0 aromatic heterocycles. The number of esters is 1. The molecule has 11 nitrogen and oxygen atoms in total. The van der Waals surface area contributed by atoms with Gasteiger partial charge in [0.1, 0.15) is 17.3 Å². The van der Waals surface area contributed by atoms with E-state index in [1.807, 2.05) is 65.8 Å². The fourth-order valence-electron chi connectivity index (χ4n) is 11.1. The van der Waals surface area contributed by atoms with Crippen molar-refractivity contribution >= 4 is 55.5 Å². The highest BCUT2D eigenvalue weighted by molar-refractivity contribution is 7.00. The number of carbonyl (C=O) groups excluding carboxylic acids is 3. The van der Waals surface area contributed by atoms with E-state index in [2.05, 4.69) is 139 Å². The Labute approximate surface area is 426 Å². The van der Waals surface area contributed by atoms with Crippen molar-refractivity contribution in [2.75, 3.05) is 13.2 Å². The Balaban J connectivity index is 1.28. The Hall–Kier alpha value is -4.80. The molecule has 2 saturated heterocycles. The molecule has 71 heavy (non-hydrogen) atoms. The number of likely N-dealkylation sites (tertiary alicyclic amines) is 2. The average Bonchev–Trinajstić information content (AvgIpc) is 3.93. The average molecular weight is 1010 g/mol. The predicted molar refractivity (Wildman–Crippen MR) is 288 cm³/mol. The smallest absolute Gasteiger partial charge is 0.410 e. The third kappa shape index (κ3) is 12.9. The van der Waals surface area contributed by atoms with Gasteiger partial charge in [-0.25, -0.2) is 9.59 Å². The lowest BCUT2D eigenvalue weighted by atomic mass is 9.97. The van der Waals surface area contributed by atoms with Crippen LogP contribution >= 0.6 is 0 Å². The Morgan fingerprint density at radius 1 is 0.521 bits per heavy atom. The zero-order chi connectivity index (χ0) is 52.0. The summed E-state index contributed by atoms with van der Waals surface area (Å²) >= 11 is 0. The molecule has 13 heteroatoms. The van der Waals surface area contributed by atoms with Crippen molar-refractivity contribution in [2.45, 2.75) is 186 Å². The van der Waals surface area contributed by atoms with Gasteiger partial charge in [0.2, 0.25) is 0 Å². The second-order valence-electron chi connectivity index (χ2n) is 23.6. The van der Waals surface area contributed by atoms with Crippen LogP contribution in [0, 0.1) is 0 Å². The van der Waals surface area contributed by atoms with E-state index in [1.165, 1.54) is 6.92 Å². The van der Waals surface area contributed by atoms with Gasteiger partial charge in [0.25, 0.3) is 16.6 Å². The maximum absolute atomic E-state index is 14.5. The Morgan fingerprint density at radius 2 is 0.845 bits per heavy atom. The van der Waals surface area contributed by atoms with Gasteiger partial charge in [-0.1, -0.05) is 163 Å². The van der Waals surface area contributed by atoms with E-state index in [1.54, 1.807) is 9.80 Å². The zero-order valence-electron chi connectivity index (χ0n) is 44.8. The molecule has 1 N–H and O–H groups in total. The minimum atomic E-state index is -2.99. The van der Waals surface area contributed by atoms with E-state index in [0.29, 0.717) is 25.7 Å². The zero-order valence-corrected chi connectivity index (χ0v) is 46.8. The molecule has 6 atom stereocenters. The first-order valence-corrected chi connectivity index (χ1v) is 29.5. The molecule has 0 bridgehead atoms. The molecule has 2 aliphatic rings. The molecule has 2 fully saturated rings. The van der Waals surface area contributed by atoms with Crippen LogP contribution in [0.15, 0.2) is 121 Å². The molecular formula is C58H82N2O9Si2. The number of nitrogens with zero attached hydrogens (tertiary/aromatic N) is 2. The van der Waals surface area contributed by atoms with Gasteiger partial charge in [0, 0.05) is 6.92 Å². The van der Waals surface area contributed by atoms with Crippen molar-refractivity contribution in [1.29, 1.82) is 0 Å². The number of aliphatic hydroxyl groups excluding tert-OH is 1. The SMILES string of the molecule is CC(=O)O[C@@H](CC[C@@H](O)[C@@H]1CC[C@@H](CO[Si](c2ccccc2)(c2ccccc2)C(C)(C)C)N1C(=O)OC(C)(C)C)[C@@H]1CC[C@@H](CO[Si](c2ccccc2)(c2ccccc2)C(C)(C)C)N1C(=O)OC(C)(C)C. The molecule has 4 aromatic rings. The molecule has 0 unspecified atom stereocenters. The second kappa shape index (κ2) is 22.5. The van der Waals surface area contributed by atoms with Crippen molar-refractivity contribution in [1.82, 2.24) is 9.80 Å². The normalized spacial score (nSPS) is 20.1. The van der Waals surface area contributed by atoms with Crippen LogP contribution in [0.1, 0.15) is 129 Å². The van der Waals surface area contributed by atoms with Crippen LogP contribution in [0.5, 0.6) is 0 Å². The lowest BCUT2D eigenvalue weighted by Crippen LogP contribution is -2.67. The fraction of sp³-hybridized carbons (Fsp3) is 0.534. The Bertz CT molecular complexity index is 2270. The lowest BCUT2D eigenvalue weighted by Gasteiger charge is -2.44. The number of benzene rings is 4. The van der Waals surface area contributed by atoms with Crippen LogP contribution in [0.4, 0.5) is 9.59 Å². The molecule has 0 radical (unpaired) electrons. The number of aliphatic hydroxyl groups is 1. The molecule has 386 valence electrons. The molecule has 6 rings (SSSR count). The number of carbonyl (C=O) groups is 3. The van der Waals surface area contributed by atoms with Gasteiger partial charge in [-0.05, 0) is 111 Å². The Morgan fingerprint density at radius 3 is 1.15 bits per heavy atom. The summed E-state index contributed by atoms with van der Waals surface area (Å²) in [4.78, 5) is 45.4. The number of ether oxygens (including phenoxy) is 3. The number of hydrogen-bond donors (Lipinski definition) is 1. The van der Waals surface area contributed by atoms with Crippen LogP contribution in [0.3, 0.4) is 0 Å². The van der Waals surface area contributed by atoms with E-state index >= 15 is 0 Å². The first-order chi connectivity index (χ1) is 33.3. The van der Waals surface area contributed by atoms with Crippen LogP contribution in [0.2, 0.25) is 10.1 Å². The fourth-order valence-corrected chi connectivity index (χ4v) is 20.3. The summed E-state index contributed by atoms with van der Waals surface area (Å²) in [6.07, 6.45) is -0.173.